The summed E-state index contributed by atoms with van der Waals surface area (Å²) < 4.78 is 20.1. The maximum atomic E-state index is 14.5. The van der Waals surface area contributed by atoms with E-state index in [1.165, 1.54) is 6.07 Å². The van der Waals surface area contributed by atoms with Gasteiger partial charge in [0.15, 0.2) is 0 Å². The number of fused-ring (bicyclic) bond motifs is 2. The Morgan fingerprint density at radius 2 is 1.91 bits per heavy atom. The molecule has 1 heterocycles. The van der Waals surface area contributed by atoms with E-state index in [2.05, 4.69) is 10.6 Å². The molecule has 2 atom stereocenters. The summed E-state index contributed by atoms with van der Waals surface area (Å²) in [6.45, 7) is 1.94. The number of halogens is 2. The van der Waals surface area contributed by atoms with Gasteiger partial charge in [-0.05, 0) is 62.0 Å². The predicted octanol–water partition coefficient (Wildman–Crippen LogP) is 3.98. The van der Waals surface area contributed by atoms with Gasteiger partial charge in [0.1, 0.15) is 17.6 Å². The molecule has 1 aliphatic rings. The Balaban J connectivity index is 0.00000324. The van der Waals surface area contributed by atoms with Gasteiger partial charge in [0.05, 0.1) is 19.7 Å². The maximum absolute atomic E-state index is 14.5. The summed E-state index contributed by atoms with van der Waals surface area (Å²) in [5.74, 6) is -0.184. The lowest BCUT2D eigenvalue weighted by Crippen LogP contribution is -2.52. The van der Waals surface area contributed by atoms with Gasteiger partial charge in [-0.15, -0.1) is 12.4 Å². The van der Waals surface area contributed by atoms with Crippen molar-refractivity contribution >= 4 is 40.7 Å². The molecule has 34 heavy (non-hydrogen) atoms. The van der Waals surface area contributed by atoms with Gasteiger partial charge in [-0.1, -0.05) is 30.3 Å². The summed E-state index contributed by atoms with van der Waals surface area (Å²) >= 11 is 0. The molecule has 2 N–H and O–H groups in total. The Morgan fingerprint density at radius 3 is 2.65 bits per heavy atom. The van der Waals surface area contributed by atoms with Crippen LogP contribution in [-0.2, 0) is 22.6 Å². The van der Waals surface area contributed by atoms with Crippen molar-refractivity contribution in [3.63, 3.8) is 0 Å². The van der Waals surface area contributed by atoms with Gasteiger partial charge < -0.3 is 20.3 Å². The lowest BCUT2D eigenvalue weighted by Gasteiger charge is -2.28. The number of hydrogen-bond donors (Lipinski definition) is 2. The van der Waals surface area contributed by atoms with E-state index >= 15 is 0 Å². The second-order valence-electron chi connectivity index (χ2n) is 8.24. The van der Waals surface area contributed by atoms with E-state index in [1.807, 2.05) is 30.3 Å². The van der Waals surface area contributed by atoms with Crippen LogP contribution in [0.5, 0.6) is 5.75 Å². The quantitative estimate of drug-likeness (QED) is 0.554. The fraction of sp³-hybridized carbons (Fsp3) is 0.308. The van der Waals surface area contributed by atoms with Gasteiger partial charge in [-0.2, -0.15) is 0 Å². The Kier molecular flexibility index (Phi) is 8.12. The Labute approximate surface area is 204 Å². The molecular weight excluding hydrogens is 457 g/mol. The second-order valence-corrected chi connectivity index (χ2v) is 8.24. The number of hydrogen-bond acceptors (Lipinski definition) is 4. The lowest BCUT2D eigenvalue weighted by atomic mass is 10.0. The largest absolute Gasteiger partial charge is 0.496 e. The van der Waals surface area contributed by atoms with Crippen molar-refractivity contribution in [2.45, 2.75) is 38.4 Å². The first-order chi connectivity index (χ1) is 15.9. The topological polar surface area (TPSA) is 70.7 Å². The standard InChI is InChI=1S/C26H28FN3O3.ClH/c1-16(28-2)25(31)29-22-13-11-17-7-4-5-10-23(17)30(26(22)32)15-20-18-8-6-9-21(27)19(18)12-14-24(20)33-3;/h4-10,12,14,16,22,28H,11,13,15H2,1-3H3,(H,29,31);1H/t16-,22-;/m0./s1. The van der Waals surface area contributed by atoms with Crippen LogP contribution in [0, 0.1) is 5.82 Å². The molecule has 8 heteroatoms. The molecule has 0 aromatic heterocycles. The SMILES string of the molecule is CN[C@@H](C)C(=O)N[C@H]1CCc2ccccc2N(Cc2c(OC)ccc3c(F)cccc23)C1=O.Cl. The Morgan fingerprint density at radius 1 is 1.15 bits per heavy atom. The normalized spacial score (nSPS) is 16.3. The number of para-hydroxylation sites is 1. The zero-order valence-corrected chi connectivity index (χ0v) is 20.2. The number of aryl methyl sites for hydroxylation is 1. The molecule has 180 valence electrons. The number of likely N-dealkylation sites (N-methyl/N-ethyl adjacent to an activating group) is 1. The number of methoxy groups -OCH3 is 1. The third-order valence-corrected chi connectivity index (χ3v) is 6.30. The smallest absolute Gasteiger partial charge is 0.249 e. The van der Waals surface area contributed by atoms with Crippen molar-refractivity contribution in [2.24, 2.45) is 0 Å². The van der Waals surface area contributed by atoms with Crippen molar-refractivity contribution in [3.8, 4) is 5.75 Å². The molecule has 1 aliphatic heterocycles. The van der Waals surface area contributed by atoms with Crippen molar-refractivity contribution in [2.75, 3.05) is 19.1 Å². The average molecular weight is 486 g/mol. The minimum Gasteiger partial charge on any atom is -0.496 e. The van der Waals surface area contributed by atoms with Gasteiger partial charge in [0.25, 0.3) is 0 Å². The van der Waals surface area contributed by atoms with Crippen molar-refractivity contribution in [1.82, 2.24) is 10.6 Å². The fourth-order valence-corrected chi connectivity index (χ4v) is 4.31. The van der Waals surface area contributed by atoms with E-state index in [0.717, 1.165) is 11.3 Å². The van der Waals surface area contributed by atoms with Crippen LogP contribution in [0.15, 0.2) is 54.6 Å². The number of amides is 2. The molecule has 3 aromatic rings. The second kappa shape index (κ2) is 10.8. The summed E-state index contributed by atoms with van der Waals surface area (Å²) in [4.78, 5) is 28.0. The van der Waals surface area contributed by atoms with Crippen molar-refractivity contribution < 1.29 is 18.7 Å². The van der Waals surface area contributed by atoms with E-state index in [9.17, 15) is 14.0 Å². The summed E-state index contributed by atoms with van der Waals surface area (Å²) in [7, 11) is 3.26. The summed E-state index contributed by atoms with van der Waals surface area (Å²) in [5.41, 5.74) is 2.53. The highest BCUT2D eigenvalue weighted by Crippen LogP contribution is 2.34. The van der Waals surface area contributed by atoms with Crippen molar-refractivity contribution in [1.29, 1.82) is 0 Å². The predicted molar refractivity (Wildman–Crippen MR) is 134 cm³/mol. The van der Waals surface area contributed by atoms with Crippen LogP contribution >= 0.6 is 12.4 Å². The molecule has 0 saturated carbocycles. The van der Waals surface area contributed by atoms with Crippen LogP contribution in [0.25, 0.3) is 10.8 Å². The minimum absolute atomic E-state index is 0. The minimum atomic E-state index is -0.668. The Bertz CT molecular complexity index is 1200. The average Bonchev–Trinajstić information content (AvgIpc) is 2.96. The number of benzene rings is 3. The molecule has 6 nitrogen and oxygen atoms in total. The molecular formula is C26H29ClFN3O3. The molecule has 3 aromatic carbocycles. The highest BCUT2D eigenvalue weighted by molar-refractivity contribution is 6.01. The van der Waals surface area contributed by atoms with Gasteiger partial charge >= 0.3 is 0 Å². The van der Waals surface area contributed by atoms with Gasteiger partial charge in [-0.25, -0.2) is 4.39 Å². The number of carbonyl (C=O) groups is 2. The summed E-state index contributed by atoms with van der Waals surface area (Å²) in [5, 5.41) is 6.96. The molecule has 0 bridgehead atoms. The highest BCUT2D eigenvalue weighted by atomic mass is 35.5. The van der Waals surface area contributed by atoms with Gasteiger partial charge in [-0.3, -0.25) is 9.59 Å². The lowest BCUT2D eigenvalue weighted by molar-refractivity contribution is -0.128. The first-order valence-corrected chi connectivity index (χ1v) is 11.1. The molecule has 0 aliphatic carbocycles. The van der Waals surface area contributed by atoms with Crippen LogP contribution in [0.3, 0.4) is 0 Å². The van der Waals surface area contributed by atoms with E-state index in [-0.39, 0.29) is 36.6 Å². The Hall–Kier alpha value is -3.16. The van der Waals surface area contributed by atoms with Crippen LogP contribution in [0.2, 0.25) is 0 Å². The molecule has 0 saturated heterocycles. The molecule has 0 unspecified atom stereocenters. The number of nitrogens with zero attached hydrogens (tertiary/aromatic N) is 1. The van der Waals surface area contributed by atoms with E-state index in [1.54, 1.807) is 44.2 Å². The monoisotopic (exact) mass is 485 g/mol. The first kappa shape index (κ1) is 25.5. The van der Waals surface area contributed by atoms with Crippen LogP contribution in [-0.4, -0.2) is 38.1 Å². The van der Waals surface area contributed by atoms with Gasteiger partial charge in [0, 0.05) is 16.6 Å². The third kappa shape index (κ3) is 4.86. The highest BCUT2D eigenvalue weighted by Gasteiger charge is 2.33. The maximum Gasteiger partial charge on any atom is 0.249 e. The summed E-state index contributed by atoms with van der Waals surface area (Å²) in [6.07, 6.45) is 1.15. The van der Waals surface area contributed by atoms with Crippen LogP contribution in [0.1, 0.15) is 24.5 Å². The fourth-order valence-electron chi connectivity index (χ4n) is 4.31. The number of ether oxygens (including phenoxy) is 1. The zero-order valence-electron chi connectivity index (χ0n) is 19.4. The number of rotatable bonds is 6. The molecule has 0 radical (unpaired) electrons. The third-order valence-electron chi connectivity index (χ3n) is 6.30. The van der Waals surface area contributed by atoms with E-state index < -0.39 is 12.1 Å². The van der Waals surface area contributed by atoms with Crippen LogP contribution in [0.4, 0.5) is 10.1 Å². The molecule has 4 rings (SSSR count). The first-order valence-electron chi connectivity index (χ1n) is 11.1. The summed E-state index contributed by atoms with van der Waals surface area (Å²) in [6, 6.07) is 15.0. The zero-order chi connectivity index (χ0) is 23.5. The van der Waals surface area contributed by atoms with E-state index in [4.69, 9.17) is 4.74 Å². The van der Waals surface area contributed by atoms with Crippen molar-refractivity contribution in [3.05, 3.63) is 71.5 Å². The molecule has 0 fully saturated rings. The van der Waals surface area contributed by atoms with E-state index in [0.29, 0.717) is 34.9 Å². The molecule has 0 spiro atoms. The number of anilines is 1. The number of carbonyl (C=O) groups excluding carboxylic acids is 2. The molecule has 2 amide bonds. The van der Waals surface area contributed by atoms with Crippen LogP contribution < -0.4 is 20.3 Å². The number of nitrogens with one attached hydrogen (secondary N) is 2. The van der Waals surface area contributed by atoms with Gasteiger partial charge in [0.2, 0.25) is 11.8 Å².